The Labute approximate surface area is 254 Å². The SMILES string of the molecule is COc1cc2cc(CO)c(CO)c(-c3ccnc(-n4ccc5c(OCCN6CCOCC6)cccc5c4=O)c3)c2cc1OC. The van der Waals surface area contributed by atoms with Gasteiger partial charge in [-0.05, 0) is 81.6 Å². The first-order valence-electron chi connectivity index (χ1n) is 14.5. The lowest BCUT2D eigenvalue weighted by Gasteiger charge is -2.26. The lowest BCUT2D eigenvalue weighted by Crippen LogP contribution is -2.38. The van der Waals surface area contributed by atoms with E-state index < -0.39 is 0 Å². The molecule has 10 nitrogen and oxygen atoms in total. The Morgan fingerprint density at radius 1 is 0.886 bits per heavy atom. The summed E-state index contributed by atoms with van der Waals surface area (Å²) in [5.74, 6) is 2.16. The van der Waals surface area contributed by atoms with Crippen molar-refractivity contribution in [3.63, 3.8) is 0 Å². The second kappa shape index (κ2) is 13.0. The van der Waals surface area contributed by atoms with Gasteiger partial charge in [0.25, 0.3) is 5.56 Å². The van der Waals surface area contributed by atoms with E-state index in [1.165, 1.54) is 4.57 Å². The molecule has 228 valence electrons. The summed E-state index contributed by atoms with van der Waals surface area (Å²) in [6.45, 7) is 3.98. The number of fused-ring (bicyclic) bond motifs is 2. The van der Waals surface area contributed by atoms with Crippen molar-refractivity contribution >= 4 is 21.5 Å². The maximum absolute atomic E-state index is 13.8. The Bertz CT molecular complexity index is 1860. The number of aliphatic hydroxyl groups excluding tert-OH is 2. The largest absolute Gasteiger partial charge is 0.493 e. The first kappa shape index (κ1) is 29.6. The summed E-state index contributed by atoms with van der Waals surface area (Å²) < 4.78 is 24.1. The van der Waals surface area contributed by atoms with E-state index in [1.807, 2.05) is 48.5 Å². The van der Waals surface area contributed by atoms with Gasteiger partial charge in [0.15, 0.2) is 11.5 Å². The number of benzene rings is 3. The minimum Gasteiger partial charge on any atom is -0.493 e. The van der Waals surface area contributed by atoms with Crippen LogP contribution >= 0.6 is 0 Å². The van der Waals surface area contributed by atoms with Crippen LogP contribution in [0, 0.1) is 0 Å². The molecule has 0 amide bonds. The molecule has 6 rings (SSSR count). The van der Waals surface area contributed by atoms with Crippen LogP contribution in [0.2, 0.25) is 0 Å². The van der Waals surface area contributed by atoms with E-state index in [2.05, 4.69) is 9.88 Å². The number of hydrogen-bond acceptors (Lipinski definition) is 9. The van der Waals surface area contributed by atoms with E-state index >= 15 is 0 Å². The molecule has 1 aliphatic rings. The molecule has 1 fully saturated rings. The van der Waals surface area contributed by atoms with Crippen LogP contribution in [0.4, 0.5) is 0 Å². The van der Waals surface area contributed by atoms with Gasteiger partial charge in [-0.1, -0.05) is 6.07 Å². The van der Waals surface area contributed by atoms with Gasteiger partial charge >= 0.3 is 0 Å². The summed E-state index contributed by atoms with van der Waals surface area (Å²) >= 11 is 0. The molecular formula is C34H35N3O7. The van der Waals surface area contributed by atoms with E-state index in [9.17, 15) is 15.0 Å². The lowest BCUT2D eigenvalue weighted by molar-refractivity contribution is 0.0323. The van der Waals surface area contributed by atoms with E-state index in [0.29, 0.717) is 51.7 Å². The van der Waals surface area contributed by atoms with Crippen LogP contribution in [0.3, 0.4) is 0 Å². The van der Waals surface area contributed by atoms with Crippen LogP contribution in [0.15, 0.2) is 71.8 Å². The standard InChI is InChI=1S/C34H35N3O7/c1-41-30-17-23-16-24(20-38)28(21-39)33(27(23)19-31(30)42-2)22-6-8-35-32(18-22)37-9-7-25-26(34(37)40)4-3-5-29(25)44-15-12-36-10-13-43-14-11-36/h3-9,16-19,38-39H,10-15,20-21H2,1-2H3. The van der Waals surface area contributed by atoms with E-state index in [1.54, 1.807) is 32.7 Å². The lowest BCUT2D eigenvalue weighted by atomic mass is 9.90. The van der Waals surface area contributed by atoms with Crippen molar-refractivity contribution < 1.29 is 29.2 Å². The number of ether oxygens (including phenoxy) is 4. The number of morpholine rings is 1. The van der Waals surface area contributed by atoms with Crippen molar-refractivity contribution in [2.45, 2.75) is 13.2 Å². The molecule has 10 heteroatoms. The molecule has 0 saturated carbocycles. The average Bonchev–Trinajstić information content (AvgIpc) is 3.07. The van der Waals surface area contributed by atoms with Crippen molar-refractivity contribution in [2.75, 3.05) is 53.7 Å². The zero-order valence-corrected chi connectivity index (χ0v) is 24.8. The Kier molecular flexibility index (Phi) is 8.76. The van der Waals surface area contributed by atoms with Gasteiger partial charge in [-0.3, -0.25) is 14.3 Å². The zero-order chi connectivity index (χ0) is 30.6. The number of rotatable bonds is 10. The fourth-order valence-corrected chi connectivity index (χ4v) is 5.85. The molecule has 0 unspecified atom stereocenters. The minimum atomic E-state index is -0.294. The molecule has 0 aliphatic carbocycles. The van der Waals surface area contributed by atoms with Crippen LogP contribution < -0.4 is 19.8 Å². The Balaban J connectivity index is 1.40. The monoisotopic (exact) mass is 597 g/mol. The number of methoxy groups -OCH3 is 2. The highest BCUT2D eigenvalue weighted by molar-refractivity contribution is 6.01. The molecule has 3 aromatic carbocycles. The molecule has 0 radical (unpaired) electrons. The number of pyridine rings is 2. The molecule has 44 heavy (non-hydrogen) atoms. The second-order valence-electron chi connectivity index (χ2n) is 10.5. The zero-order valence-electron chi connectivity index (χ0n) is 24.8. The maximum Gasteiger partial charge on any atom is 0.264 e. The van der Waals surface area contributed by atoms with Gasteiger partial charge in [-0.2, -0.15) is 0 Å². The van der Waals surface area contributed by atoms with Crippen molar-refractivity contribution in [1.82, 2.24) is 14.5 Å². The second-order valence-corrected chi connectivity index (χ2v) is 10.5. The van der Waals surface area contributed by atoms with E-state index in [-0.39, 0.29) is 18.8 Å². The number of hydrogen-bond donors (Lipinski definition) is 2. The predicted octanol–water partition coefficient (Wildman–Crippen LogP) is 3.92. The third kappa shape index (κ3) is 5.60. The number of nitrogens with zero attached hydrogens (tertiary/aromatic N) is 3. The van der Waals surface area contributed by atoms with Crippen LogP contribution in [0.25, 0.3) is 38.5 Å². The van der Waals surface area contributed by atoms with Crippen LogP contribution in [0.5, 0.6) is 17.2 Å². The van der Waals surface area contributed by atoms with Crippen molar-refractivity contribution in [3.8, 4) is 34.2 Å². The van der Waals surface area contributed by atoms with Crippen molar-refractivity contribution in [1.29, 1.82) is 0 Å². The summed E-state index contributed by atoms with van der Waals surface area (Å²) in [4.78, 5) is 20.6. The van der Waals surface area contributed by atoms with Gasteiger partial charge in [0.1, 0.15) is 18.2 Å². The van der Waals surface area contributed by atoms with Gasteiger partial charge in [-0.15, -0.1) is 0 Å². The van der Waals surface area contributed by atoms with Crippen molar-refractivity contribution in [2.24, 2.45) is 0 Å². The van der Waals surface area contributed by atoms with Gasteiger partial charge in [0, 0.05) is 37.4 Å². The molecule has 0 atom stereocenters. The van der Waals surface area contributed by atoms with Gasteiger partial charge in [0.05, 0.1) is 46.0 Å². The highest BCUT2D eigenvalue weighted by Crippen LogP contribution is 2.40. The highest BCUT2D eigenvalue weighted by Gasteiger charge is 2.19. The molecule has 5 aromatic rings. The van der Waals surface area contributed by atoms with Crippen LogP contribution in [0.1, 0.15) is 11.1 Å². The number of aromatic nitrogens is 2. The first-order valence-corrected chi connectivity index (χ1v) is 14.5. The highest BCUT2D eigenvalue weighted by atomic mass is 16.5. The van der Waals surface area contributed by atoms with Gasteiger partial charge in [0.2, 0.25) is 0 Å². The predicted molar refractivity (Wildman–Crippen MR) is 168 cm³/mol. The summed E-state index contributed by atoms with van der Waals surface area (Å²) in [5, 5.41) is 23.5. The van der Waals surface area contributed by atoms with Crippen molar-refractivity contribution in [3.05, 3.63) is 88.5 Å². The van der Waals surface area contributed by atoms with E-state index in [4.69, 9.17) is 18.9 Å². The summed E-state index contributed by atoms with van der Waals surface area (Å²) in [6.07, 6.45) is 3.33. The molecule has 2 N–H and O–H groups in total. The van der Waals surface area contributed by atoms with Gasteiger partial charge < -0.3 is 29.2 Å². The number of aliphatic hydroxyl groups is 2. The van der Waals surface area contributed by atoms with Gasteiger partial charge in [-0.25, -0.2) is 4.98 Å². The average molecular weight is 598 g/mol. The summed E-state index contributed by atoms with van der Waals surface area (Å²) in [5.41, 5.74) is 2.37. The molecule has 1 saturated heterocycles. The first-order chi connectivity index (χ1) is 21.6. The third-order valence-corrected chi connectivity index (χ3v) is 8.13. The molecule has 0 bridgehead atoms. The fraction of sp³-hybridized carbons (Fsp3) is 0.294. The van der Waals surface area contributed by atoms with Crippen LogP contribution in [-0.2, 0) is 18.0 Å². The Hall–Kier alpha value is -4.48. The minimum absolute atomic E-state index is 0.228. The third-order valence-electron chi connectivity index (χ3n) is 8.13. The Morgan fingerprint density at radius 2 is 1.68 bits per heavy atom. The summed E-state index contributed by atoms with van der Waals surface area (Å²) in [7, 11) is 3.13. The maximum atomic E-state index is 13.8. The van der Waals surface area contributed by atoms with E-state index in [0.717, 1.165) is 54.6 Å². The quantitative estimate of drug-likeness (QED) is 0.247. The molecule has 0 spiro atoms. The Morgan fingerprint density at radius 3 is 2.43 bits per heavy atom. The molecular weight excluding hydrogens is 562 g/mol. The van der Waals surface area contributed by atoms with Crippen LogP contribution in [-0.4, -0.2) is 78.3 Å². The topological polar surface area (TPSA) is 116 Å². The summed E-state index contributed by atoms with van der Waals surface area (Å²) in [6, 6.07) is 16.5. The molecule has 2 aromatic heterocycles. The molecule has 1 aliphatic heterocycles. The normalized spacial score (nSPS) is 13.8. The molecule has 3 heterocycles. The fourth-order valence-electron chi connectivity index (χ4n) is 5.85. The smallest absolute Gasteiger partial charge is 0.264 e.